The van der Waals surface area contributed by atoms with Crippen LogP contribution in [-0.2, 0) is 17.9 Å². The average Bonchev–Trinajstić information content (AvgIpc) is 2.64. The van der Waals surface area contributed by atoms with E-state index in [0.29, 0.717) is 18.7 Å². The van der Waals surface area contributed by atoms with Gasteiger partial charge in [0, 0.05) is 18.7 Å². The predicted octanol–water partition coefficient (Wildman–Crippen LogP) is 2.52. The zero-order valence-electron chi connectivity index (χ0n) is 15.6. The van der Waals surface area contributed by atoms with Crippen LogP contribution in [0, 0.1) is 12.8 Å². The first-order valence-electron chi connectivity index (χ1n) is 8.83. The fourth-order valence-corrected chi connectivity index (χ4v) is 2.42. The summed E-state index contributed by atoms with van der Waals surface area (Å²) in [7, 11) is 0. The van der Waals surface area contributed by atoms with Gasteiger partial charge in [-0.15, -0.1) is 0 Å². The number of aryl methyl sites for hydroxylation is 1. The molecule has 0 aliphatic carbocycles. The minimum absolute atomic E-state index is 0.0777. The van der Waals surface area contributed by atoms with Gasteiger partial charge in [-0.2, -0.15) is 0 Å². The lowest BCUT2D eigenvalue weighted by atomic mass is 10.0. The molecule has 0 radical (unpaired) electrons. The molecule has 0 unspecified atom stereocenters. The molecule has 1 atom stereocenters. The first-order valence-corrected chi connectivity index (χ1v) is 8.83. The Balaban J connectivity index is 1.92. The molecule has 0 aliphatic heterocycles. The maximum Gasteiger partial charge on any atom is 0.251 e. The largest absolute Gasteiger partial charge is 0.351 e. The van der Waals surface area contributed by atoms with E-state index in [9.17, 15) is 9.59 Å². The summed E-state index contributed by atoms with van der Waals surface area (Å²) in [6.07, 6.45) is 0. The summed E-state index contributed by atoms with van der Waals surface area (Å²) in [4.78, 5) is 24.3. The molecule has 2 amide bonds. The Labute approximate surface area is 155 Å². The Morgan fingerprint density at radius 2 is 1.62 bits per heavy atom. The van der Waals surface area contributed by atoms with Crippen LogP contribution in [0.15, 0.2) is 48.5 Å². The highest BCUT2D eigenvalue weighted by Crippen LogP contribution is 2.07. The van der Waals surface area contributed by atoms with Crippen molar-refractivity contribution < 1.29 is 9.59 Å². The van der Waals surface area contributed by atoms with Gasteiger partial charge in [-0.1, -0.05) is 55.8 Å². The van der Waals surface area contributed by atoms with Gasteiger partial charge in [0.15, 0.2) is 0 Å². The molecule has 0 aromatic heterocycles. The number of nitrogens with one attached hydrogen (secondary N) is 2. The zero-order valence-corrected chi connectivity index (χ0v) is 15.6. The Morgan fingerprint density at radius 1 is 0.962 bits per heavy atom. The lowest BCUT2D eigenvalue weighted by Gasteiger charge is -2.15. The number of rotatable bonds is 7. The molecule has 5 heteroatoms. The molecule has 0 saturated heterocycles. The minimum atomic E-state index is -0.531. The Bertz CT molecular complexity index is 754. The van der Waals surface area contributed by atoms with Crippen LogP contribution in [0.1, 0.15) is 40.9 Å². The van der Waals surface area contributed by atoms with Crippen LogP contribution in [0.2, 0.25) is 0 Å². The van der Waals surface area contributed by atoms with E-state index in [4.69, 9.17) is 5.73 Å². The van der Waals surface area contributed by atoms with Gasteiger partial charge in [-0.25, -0.2) is 0 Å². The average molecular weight is 353 g/mol. The number of amides is 2. The van der Waals surface area contributed by atoms with Crippen molar-refractivity contribution in [3.63, 3.8) is 0 Å². The lowest BCUT2D eigenvalue weighted by Crippen LogP contribution is -2.43. The standard InChI is InChI=1S/C21H27N3O2/c1-14(2)19(22)21(26)24-13-17-5-4-6-18(11-17)20(25)23-12-16-9-7-15(3)8-10-16/h4-11,14,19H,12-13,22H2,1-3H3,(H,23,25)(H,24,26)/t19-/m0/s1. The highest BCUT2D eigenvalue weighted by Gasteiger charge is 2.16. The molecule has 0 bridgehead atoms. The van der Waals surface area contributed by atoms with Crippen molar-refractivity contribution in [2.24, 2.45) is 11.7 Å². The number of benzene rings is 2. The van der Waals surface area contributed by atoms with Crippen molar-refractivity contribution in [3.8, 4) is 0 Å². The summed E-state index contributed by atoms with van der Waals surface area (Å²) >= 11 is 0. The van der Waals surface area contributed by atoms with Crippen LogP contribution >= 0.6 is 0 Å². The van der Waals surface area contributed by atoms with E-state index in [1.807, 2.05) is 57.2 Å². The smallest absolute Gasteiger partial charge is 0.251 e. The van der Waals surface area contributed by atoms with E-state index in [-0.39, 0.29) is 17.7 Å². The SMILES string of the molecule is Cc1ccc(CNC(=O)c2cccc(CNC(=O)[C@@H](N)C(C)C)c2)cc1. The van der Waals surface area contributed by atoms with E-state index in [0.717, 1.165) is 11.1 Å². The summed E-state index contributed by atoms with van der Waals surface area (Å²) < 4.78 is 0. The van der Waals surface area contributed by atoms with Crippen LogP contribution in [0.25, 0.3) is 0 Å². The van der Waals surface area contributed by atoms with Crippen molar-refractivity contribution in [2.45, 2.75) is 39.9 Å². The molecule has 2 aromatic carbocycles. The normalized spacial score (nSPS) is 11.9. The fourth-order valence-electron chi connectivity index (χ4n) is 2.42. The maximum atomic E-state index is 12.4. The van der Waals surface area contributed by atoms with Crippen LogP contribution in [0.4, 0.5) is 0 Å². The van der Waals surface area contributed by atoms with Gasteiger partial charge < -0.3 is 16.4 Å². The second kappa shape index (κ2) is 9.15. The summed E-state index contributed by atoms with van der Waals surface area (Å²) in [6.45, 7) is 6.66. The molecule has 2 aromatic rings. The molecule has 5 nitrogen and oxygen atoms in total. The molecular weight excluding hydrogens is 326 g/mol. The quantitative estimate of drug-likeness (QED) is 0.715. The lowest BCUT2D eigenvalue weighted by molar-refractivity contribution is -0.123. The first-order chi connectivity index (χ1) is 12.4. The van der Waals surface area contributed by atoms with Gasteiger partial charge in [0.25, 0.3) is 5.91 Å². The van der Waals surface area contributed by atoms with Crippen molar-refractivity contribution in [3.05, 3.63) is 70.8 Å². The Morgan fingerprint density at radius 3 is 2.27 bits per heavy atom. The molecule has 0 heterocycles. The van der Waals surface area contributed by atoms with Gasteiger partial charge in [-0.3, -0.25) is 9.59 Å². The van der Waals surface area contributed by atoms with Crippen molar-refractivity contribution >= 4 is 11.8 Å². The topological polar surface area (TPSA) is 84.2 Å². The highest BCUT2D eigenvalue weighted by molar-refractivity contribution is 5.94. The third-order valence-corrected chi connectivity index (χ3v) is 4.25. The second-order valence-electron chi connectivity index (χ2n) is 6.86. The van der Waals surface area contributed by atoms with Crippen molar-refractivity contribution in [1.29, 1.82) is 0 Å². The van der Waals surface area contributed by atoms with E-state index < -0.39 is 6.04 Å². The number of nitrogens with two attached hydrogens (primary N) is 1. The van der Waals surface area contributed by atoms with Crippen LogP contribution < -0.4 is 16.4 Å². The highest BCUT2D eigenvalue weighted by atomic mass is 16.2. The monoisotopic (exact) mass is 353 g/mol. The predicted molar refractivity (Wildman–Crippen MR) is 103 cm³/mol. The summed E-state index contributed by atoms with van der Waals surface area (Å²) in [5, 5.41) is 5.73. The summed E-state index contributed by atoms with van der Waals surface area (Å²) in [6, 6.07) is 14.7. The maximum absolute atomic E-state index is 12.4. The molecule has 2 rings (SSSR count). The fraction of sp³-hybridized carbons (Fsp3) is 0.333. The van der Waals surface area contributed by atoms with Gasteiger partial charge >= 0.3 is 0 Å². The molecule has 0 fully saturated rings. The Kier molecular flexibility index (Phi) is 6.92. The molecule has 0 aliphatic rings. The molecular formula is C21H27N3O2. The van der Waals surface area contributed by atoms with Gasteiger partial charge in [0.2, 0.25) is 5.91 Å². The van der Waals surface area contributed by atoms with Crippen molar-refractivity contribution in [2.75, 3.05) is 0 Å². The zero-order chi connectivity index (χ0) is 19.1. The second-order valence-corrected chi connectivity index (χ2v) is 6.86. The molecule has 26 heavy (non-hydrogen) atoms. The van der Waals surface area contributed by atoms with Crippen LogP contribution in [-0.4, -0.2) is 17.9 Å². The number of hydrogen-bond donors (Lipinski definition) is 3. The minimum Gasteiger partial charge on any atom is -0.351 e. The van der Waals surface area contributed by atoms with Crippen LogP contribution in [0.3, 0.4) is 0 Å². The van der Waals surface area contributed by atoms with E-state index in [1.54, 1.807) is 12.1 Å². The molecule has 0 saturated carbocycles. The van der Waals surface area contributed by atoms with E-state index in [1.165, 1.54) is 5.56 Å². The third-order valence-electron chi connectivity index (χ3n) is 4.25. The first kappa shape index (κ1) is 19.7. The van der Waals surface area contributed by atoms with Gasteiger partial charge in [-0.05, 0) is 36.1 Å². The van der Waals surface area contributed by atoms with E-state index in [2.05, 4.69) is 10.6 Å². The van der Waals surface area contributed by atoms with Crippen LogP contribution in [0.5, 0.6) is 0 Å². The Hall–Kier alpha value is -2.66. The number of carbonyl (C=O) groups is 2. The summed E-state index contributed by atoms with van der Waals surface area (Å²) in [5.74, 6) is -0.249. The number of hydrogen-bond acceptors (Lipinski definition) is 3. The molecule has 0 spiro atoms. The van der Waals surface area contributed by atoms with E-state index >= 15 is 0 Å². The van der Waals surface area contributed by atoms with Gasteiger partial charge in [0.1, 0.15) is 0 Å². The summed E-state index contributed by atoms with van der Waals surface area (Å²) in [5.41, 5.74) is 9.49. The molecule has 4 N–H and O–H groups in total. The van der Waals surface area contributed by atoms with Gasteiger partial charge in [0.05, 0.1) is 6.04 Å². The van der Waals surface area contributed by atoms with Crippen molar-refractivity contribution in [1.82, 2.24) is 10.6 Å². The number of carbonyl (C=O) groups excluding carboxylic acids is 2. The third kappa shape index (κ3) is 5.70. The molecule has 138 valence electrons.